The molecule has 4 nitrogen and oxygen atoms in total. The van der Waals surface area contributed by atoms with E-state index in [-0.39, 0.29) is 5.56 Å². The Morgan fingerprint density at radius 3 is 2.52 bits per heavy atom. The number of hydrogen-bond acceptors (Lipinski definition) is 3. The number of rotatable bonds is 6. The van der Waals surface area contributed by atoms with Crippen LogP contribution >= 0.6 is 0 Å². The lowest BCUT2D eigenvalue weighted by atomic mass is 9.97. The van der Waals surface area contributed by atoms with Gasteiger partial charge in [0, 0.05) is 23.9 Å². The summed E-state index contributed by atoms with van der Waals surface area (Å²) in [4.78, 5) is 12.4. The molecule has 1 aromatic heterocycles. The van der Waals surface area contributed by atoms with Crippen LogP contribution in [0.15, 0.2) is 29.4 Å². The average molecular weight is 345 g/mol. The fourth-order valence-electron chi connectivity index (χ4n) is 2.80. The highest BCUT2D eigenvalue weighted by Crippen LogP contribution is 2.32. The Bertz CT molecular complexity index is 853. The van der Waals surface area contributed by atoms with E-state index >= 15 is 0 Å². The molecule has 0 unspecified atom stereocenters. The van der Waals surface area contributed by atoms with Gasteiger partial charge in [0.15, 0.2) is 0 Å². The molecule has 0 aliphatic carbocycles. The molecule has 0 N–H and O–H groups in total. The van der Waals surface area contributed by atoms with Crippen molar-refractivity contribution in [1.29, 1.82) is 0 Å². The van der Waals surface area contributed by atoms with Crippen LogP contribution in [0.3, 0.4) is 0 Å². The zero-order chi connectivity index (χ0) is 18.6. The van der Waals surface area contributed by atoms with Gasteiger partial charge in [0.2, 0.25) is 0 Å². The minimum Gasteiger partial charge on any atom is -0.504 e. The third kappa shape index (κ3) is 3.76. The molecule has 0 amide bonds. The zero-order valence-corrected chi connectivity index (χ0v) is 15.4. The molecule has 0 fully saturated rings. The molecule has 0 aliphatic rings. The van der Waals surface area contributed by atoms with Crippen LogP contribution in [-0.4, -0.2) is 18.8 Å². The van der Waals surface area contributed by atoms with Crippen molar-refractivity contribution < 1.29 is 13.9 Å². The Balaban J connectivity index is 2.68. The standard InChI is InChI=1S/C20H24FNO3/c1-6-8-22-12-17(13(2)14(3)20(22)23)15-10-18(21)16(7-9-24-4)19(11-15)25-5/h7,9-12H,6,8H2,1-5H3/b9-7-. The van der Waals surface area contributed by atoms with Crippen LogP contribution in [0.4, 0.5) is 4.39 Å². The molecule has 2 rings (SSSR count). The van der Waals surface area contributed by atoms with Crippen molar-refractivity contribution in [2.45, 2.75) is 33.7 Å². The van der Waals surface area contributed by atoms with Crippen molar-refractivity contribution >= 4 is 6.08 Å². The molecule has 0 saturated heterocycles. The van der Waals surface area contributed by atoms with Gasteiger partial charge in [0.05, 0.1) is 26.0 Å². The maximum absolute atomic E-state index is 14.6. The second-order valence-electron chi connectivity index (χ2n) is 5.90. The predicted octanol–water partition coefficient (Wildman–Crippen LogP) is 4.31. The molecule has 0 aliphatic heterocycles. The normalized spacial score (nSPS) is 11.1. The first kappa shape index (κ1) is 18.8. The van der Waals surface area contributed by atoms with E-state index < -0.39 is 5.82 Å². The summed E-state index contributed by atoms with van der Waals surface area (Å²) in [6, 6.07) is 3.24. The lowest BCUT2D eigenvalue weighted by molar-refractivity contribution is 0.341. The Labute approximate surface area is 147 Å². The summed E-state index contributed by atoms with van der Waals surface area (Å²) in [6.45, 7) is 6.32. The molecule has 5 heteroatoms. The number of hydrogen-bond donors (Lipinski definition) is 0. The molecule has 1 heterocycles. The summed E-state index contributed by atoms with van der Waals surface area (Å²) < 4.78 is 26.5. The summed E-state index contributed by atoms with van der Waals surface area (Å²) in [5.74, 6) is 0.00143. The topological polar surface area (TPSA) is 40.5 Å². The first-order valence-electron chi connectivity index (χ1n) is 8.22. The molecule has 0 spiro atoms. The first-order chi connectivity index (χ1) is 11.9. The van der Waals surface area contributed by atoms with Crippen LogP contribution in [0.25, 0.3) is 17.2 Å². The monoisotopic (exact) mass is 345 g/mol. The lowest BCUT2D eigenvalue weighted by Crippen LogP contribution is -2.23. The number of pyridine rings is 1. The second kappa shape index (κ2) is 8.01. The van der Waals surface area contributed by atoms with E-state index in [1.807, 2.05) is 13.8 Å². The predicted molar refractivity (Wildman–Crippen MR) is 98.5 cm³/mol. The van der Waals surface area contributed by atoms with Gasteiger partial charge >= 0.3 is 0 Å². The highest BCUT2D eigenvalue weighted by atomic mass is 19.1. The number of aryl methyl sites for hydroxylation is 1. The van der Waals surface area contributed by atoms with E-state index in [0.29, 0.717) is 29.0 Å². The number of halogens is 1. The number of nitrogens with zero attached hydrogens (tertiary/aromatic N) is 1. The third-order valence-electron chi connectivity index (χ3n) is 4.29. The largest absolute Gasteiger partial charge is 0.504 e. The van der Waals surface area contributed by atoms with Crippen molar-refractivity contribution in [3.63, 3.8) is 0 Å². The number of methoxy groups -OCH3 is 2. The van der Waals surface area contributed by atoms with Gasteiger partial charge in [-0.3, -0.25) is 4.79 Å². The van der Waals surface area contributed by atoms with Gasteiger partial charge in [0.25, 0.3) is 5.56 Å². The SMILES string of the molecule is CCCn1cc(-c2cc(F)c(/C=C\OC)c(OC)c2)c(C)c(C)c1=O. The Morgan fingerprint density at radius 1 is 1.20 bits per heavy atom. The first-order valence-corrected chi connectivity index (χ1v) is 8.22. The highest BCUT2D eigenvalue weighted by Gasteiger charge is 2.15. The van der Waals surface area contributed by atoms with Crippen LogP contribution in [-0.2, 0) is 11.3 Å². The maximum Gasteiger partial charge on any atom is 0.253 e. The summed E-state index contributed by atoms with van der Waals surface area (Å²) in [5.41, 5.74) is 3.34. The van der Waals surface area contributed by atoms with Crippen molar-refractivity contribution in [1.82, 2.24) is 4.57 Å². The lowest BCUT2D eigenvalue weighted by Gasteiger charge is -2.15. The quantitative estimate of drug-likeness (QED) is 0.733. The van der Waals surface area contributed by atoms with Gasteiger partial charge < -0.3 is 14.0 Å². The molecule has 1 aromatic carbocycles. The Kier molecular flexibility index (Phi) is 6.02. The van der Waals surface area contributed by atoms with Crippen molar-refractivity contribution in [3.05, 3.63) is 57.5 Å². The van der Waals surface area contributed by atoms with E-state index in [4.69, 9.17) is 9.47 Å². The van der Waals surface area contributed by atoms with Gasteiger partial charge in [-0.2, -0.15) is 0 Å². The van der Waals surface area contributed by atoms with Crippen LogP contribution < -0.4 is 10.3 Å². The molecule has 25 heavy (non-hydrogen) atoms. The Hall–Kier alpha value is -2.56. The van der Waals surface area contributed by atoms with E-state index in [1.54, 1.807) is 23.8 Å². The molecule has 0 bridgehead atoms. The Morgan fingerprint density at radius 2 is 1.92 bits per heavy atom. The van der Waals surface area contributed by atoms with Gasteiger partial charge in [-0.15, -0.1) is 0 Å². The van der Waals surface area contributed by atoms with E-state index in [0.717, 1.165) is 17.5 Å². The third-order valence-corrected chi connectivity index (χ3v) is 4.29. The van der Waals surface area contributed by atoms with Gasteiger partial charge in [-0.1, -0.05) is 6.92 Å². The van der Waals surface area contributed by atoms with Crippen LogP contribution in [0, 0.1) is 19.7 Å². The minimum absolute atomic E-state index is 0.00446. The van der Waals surface area contributed by atoms with Crippen LogP contribution in [0.2, 0.25) is 0 Å². The number of aromatic nitrogens is 1. The summed E-state index contributed by atoms with van der Waals surface area (Å²) in [5, 5.41) is 0. The fourth-order valence-corrected chi connectivity index (χ4v) is 2.80. The molecule has 0 atom stereocenters. The molecule has 134 valence electrons. The second-order valence-corrected chi connectivity index (χ2v) is 5.90. The van der Waals surface area contributed by atoms with E-state index in [2.05, 4.69) is 0 Å². The minimum atomic E-state index is -0.409. The van der Waals surface area contributed by atoms with Crippen LogP contribution in [0.5, 0.6) is 5.75 Å². The average Bonchev–Trinajstić information content (AvgIpc) is 2.60. The van der Waals surface area contributed by atoms with E-state index in [9.17, 15) is 9.18 Å². The highest BCUT2D eigenvalue weighted by molar-refractivity contribution is 5.72. The summed E-state index contributed by atoms with van der Waals surface area (Å²) in [7, 11) is 3.00. The van der Waals surface area contributed by atoms with Gasteiger partial charge in [-0.05, 0) is 49.6 Å². The maximum atomic E-state index is 14.6. The van der Waals surface area contributed by atoms with Crippen LogP contribution in [0.1, 0.15) is 30.0 Å². The van der Waals surface area contributed by atoms with Gasteiger partial charge in [-0.25, -0.2) is 4.39 Å². The fraction of sp³-hybridized carbons (Fsp3) is 0.350. The smallest absolute Gasteiger partial charge is 0.253 e. The molecular weight excluding hydrogens is 321 g/mol. The molecule has 0 radical (unpaired) electrons. The zero-order valence-electron chi connectivity index (χ0n) is 15.4. The van der Waals surface area contributed by atoms with E-state index in [1.165, 1.54) is 32.6 Å². The molecular formula is C20H24FNO3. The summed E-state index contributed by atoms with van der Waals surface area (Å²) in [6.07, 6.45) is 5.57. The summed E-state index contributed by atoms with van der Waals surface area (Å²) >= 11 is 0. The number of benzene rings is 1. The molecule has 2 aromatic rings. The van der Waals surface area contributed by atoms with Crippen molar-refractivity contribution in [2.24, 2.45) is 0 Å². The number of ether oxygens (including phenoxy) is 2. The van der Waals surface area contributed by atoms with Gasteiger partial charge in [0.1, 0.15) is 11.6 Å². The molecule has 0 saturated carbocycles. The van der Waals surface area contributed by atoms with Crippen molar-refractivity contribution in [2.75, 3.05) is 14.2 Å². The van der Waals surface area contributed by atoms with Crippen molar-refractivity contribution in [3.8, 4) is 16.9 Å².